The highest BCUT2D eigenvalue weighted by Gasteiger charge is 2.14. The van der Waals surface area contributed by atoms with E-state index in [0.717, 1.165) is 21.2 Å². The van der Waals surface area contributed by atoms with Crippen molar-refractivity contribution in [3.05, 3.63) is 73.8 Å². The molecule has 0 aliphatic rings. The zero-order valence-electron chi connectivity index (χ0n) is 12.2. The van der Waals surface area contributed by atoms with E-state index in [4.69, 9.17) is 11.6 Å². The van der Waals surface area contributed by atoms with E-state index >= 15 is 0 Å². The van der Waals surface area contributed by atoms with Gasteiger partial charge in [0.25, 0.3) is 5.56 Å². The van der Waals surface area contributed by atoms with E-state index in [9.17, 15) is 4.79 Å². The molecule has 118 valence electrons. The van der Waals surface area contributed by atoms with Crippen LogP contribution in [0.25, 0.3) is 32.7 Å². The van der Waals surface area contributed by atoms with Gasteiger partial charge in [-0.15, -0.1) is 11.3 Å². The lowest BCUT2D eigenvalue weighted by molar-refractivity contribution is 1.19. The number of aromatic nitrogens is 2. The van der Waals surface area contributed by atoms with E-state index in [2.05, 4.69) is 25.9 Å². The summed E-state index contributed by atoms with van der Waals surface area (Å²) >= 11 is 11.1. The van der Waals surface area contributed by atoms with Crippen molar-refractivity contribution < 1.29 is 0 Å². The van der Waals surface area contributed by atoms with Gasteiger partial charge in [0.1, 0.15) is 10.7 Å². The molecular weight excluding hydrogens is 408 g/mol. The van der Waals surface area contributed by atoms with Crippen LogP contribution in [0.15, 0.2) is 63.2 Å². The van der Waals surface area contributed by atoms with Gasteiger partial charge >= 0.3 is 0 Å². The Kier molecular flexibility index (Phi) is 4.00. The molecule has 4 aromatic rings. The Morgan fingerprint density at radius 2 is 1.79 bits per heavy atom. The van der Waals surface area contributed by atoms with Crippen molar-refractivity contribution in [1.82, 2.24) is 9.97 Å². The van der Waals surface area contributed by atoms with Crippen LogP contribution in [0.4, 0.5) is 0 Å². The molecule has 2 heterocycles. The van der Waals surface area contributed by atoms with Crippen molar-refractivity contribution in [2.45, 2.75) is 0 Å². The summed E-state index contributed by atoms with van der Waals surface area (Å²) in [4.78, 5) is 20.8. The molecule has 2 aromatic heterocycles. The fraction of sp³-hybridized carbons (Fsp3) is 0. The van der Waals surface area contributed by atoms with Crippen LogP contribution >= 0.6 is 38.9 Å². The number of benzene rings is 2. The van der Waals surface area contributed by atoms with Crippen LogP contribution in [0.3, 0.4) is 0 Å². The molecule has 0 amide bonds. The van der Waals surface area contributed by atoms with Gasteiger partial charge in [-0.1, -0.05) is 51.8 Å². The van der Waals surface area contributed by atoms with Crippen molar-refractivity contribution in [3.8, 4) is 22.5 Å². The highest BCUT2D eigenvalue weighted by atomic mass is 79.9. The first-order valence-electron chi connectivity index (χ1n) is 7.16. The monoisotopic (exact) mass is 416 g/mol. The fourth-order valence-corrected chi connectivity index (χ4v) is 4.01. The molecule has 0 fully saturated rings. The summed E-state index contributed by atoms with van der Waals surface area (Å²) in [7, 11) is 0. The SMILES string of the molecule is O=c1[nH]c(-c2ccccc2Cl)nc2scc(-c3ccc(Br)cc3)c12. The molecule has 0 unspecified atom stereocenters. The van der Waals surface area contributed by atoms with Crippen molar-refractivity contribution in [2.24, 2.45) is 0 Å². The Hall–Kier alpha value is -1.95. The van der Waals surface area contributed by atoms with E-state index in [0.29, 0.717) is 21.1 Å². The van der Waals surface area contributed by atoms with Gasteiger partial charge in [0.05, 0.1) is 10.4 Å². The third kappa shape index (κ3) is 2.69. The molecule has 0 aliphatic carbocycles. The van der Waals surface area contributed by atoms with Gasteiger partial charge in [-0.2, -0.15) is 0 Å². The number of hydrogen-bond donors (Lipinski definition) is 1. The standard InChI is InChI=1S/C18H10BrClN2OS/c19-11-7-5-10(6-8-11)13-9-24-18-15(13)17(23)21-16(22-18)12-3-1-2-4-14(12)20/h1-9H,(H,21,22,23). The largest absolute Gasteiger partial charge is 0.306 e. The lowest BCUT2D eigenvalue weighted by atomic mass is 10.1. The fourth-order valence-electron chi connectivity index (χ4n) is 2.57. The predicted octanol–water partition coefficient (Wildman–Crippen LogP) is 5.73. The minimum Gasteiger partial charge on any atom is -0.306 e. The molecule has 0 aliphatic heterocycles. The second kappa shape index (κ2) is 6.16. The van der Waals surface area contributed by atoms with Crippen molar-refractivity contribution in [3.63, 3.8) is 0 Å². The molecule has 0 saturated carbocycles. The second-order valence-corrected chi connectivity index (χ2v) is 7.41. The maximum atomic E-state index is 12.7. The van der Waals surface area contributed by atoms with Crippen LogP contribution in [-0.4, -0.2) is 9.97 Å². The summed E-state index contributed by atoms with van der Waals surface area (Å²) in [5.74, 6) is 0.488. The Morgan fingerprint density at radius 1 is 1.04 bits per heavy atom. The Labute approximate surface area is 155 Å². The van der Waals surface area contributed by atoms with Gasteiger partial charge in [-0.3, -0.25) is 4.79 Å². The highest BCUT2D eigenvalue weighted by molar-refractivity contribution is 9.10. The number of nitrogens with zero attached hydrogens (tertiary/aromatic N) is 1. The van der Waals surface area contributed by atoms with E-state index in [-0.39, 0.29) is 5.56 Å². The molecule has 1 N–H and O–H groups in total. The molecule has 0 saturated heterocycles. The second-order valence-electron chi connectivity index (χ2n) is 5.23. The number of rotatable bonds is 2. The molecular formula is C18H10BrClN2OS. The average molecular weight is 418 g/mol. The van der Waals surface area contributed by atoms with Gasteiger partial charge in [-0.05, 0) is 29.8 Å². The van der Waals surface area contributed by atoms with Gasteiger partial charge in [0.2, 0.25) is 0 Å². The molecule has 3 nitrogen and oxygen atoms in total. The summed E-state index contributed by atoms with van der Waals surface area (Å²) in [6.45, 7) is 0. The summed E-state index contributed by atoms with van der Waals surface area (Å²) in [5, 5.41) is 3.13. The van der Waals surface area contributed by atoms with Crippen molar-refractivity contribution in [2.75, 3.05) is 0 Å². The van der Waals surface area contributed by atoms with E-state index in [1.807, 2.05) is 47.8 Å². The molecule has 6 heteroatoms. The highest BCUT2D eigenvalue weighted by Crippen LogP contribution is 2.33. The lowest BCUT2D eigenvalue weighted by Crippen LogP contribution is -2.09. The van der Waals surface area contributed by atoms with Crippen molar-refractivity contribution >= 4 is 49.1 Å². The van der Waals surface area contributed by atoms with E-state index in [1.54, 1.807) is 6.07 Å². The van der Waals surface area contributed by atoms with Crippen LogP contribution in [0, 0.1) is 0 Å². The van der Waals surface area contributed by atoms with Crippen LogP contribution in [-0.2, 0) is 0 Å². The van der Waals surface area contributed by atoms with E-state index in [1.165, 1.54) is 11.3 Å². The number of nitrogens with one attached hydrogen (secondary N) is 1. The molecule has 2 aromatic carbocycles. The number of fused-ring (bicyclic) bond motifs is 1. The third-order valence-corrected chi connectivity index (χ3v) is 5.46. The van der Waals surface area contributed by atoms with E-state index < -0.39 is 0 Å². The number of H-pyrrole nitrogens is 1. The Morgan fingerprint density at radius 3 is 2.54 bits per heavy atom. The van der Waals surface area contributed by atoms with Crippen LogP contribution in [0.2, 0.25) is 5.02 Å². The molecule has 0 bridgehead atoms. The van der Waals surface area contributed by atoms with Crippen LogP contribution in [0.1, 0.15) is 0 Å². The zero-order chi connectivity index (χ0) is 16.7. The van der Waals surface area contributed by atoms with Gasteiger partial charge in [0, 0.05) is 21.0 Å². The molecule has 24 heavy (non-hydrogen) atoms. The molecule has 0 spiro atoms. The summed E-state index contributed by atoms with van der Waals surface area (Å²) in [5.41, 5.74) is 2.44. The van der Waals surface area contributed by atoms with Gasteiger partial charge in [0.15, 0.2) is 0 Å². The topological polar surface area (TPSA) is 45.8 Å². The predicted molar refractivity (Wildman–Crippen MR) is 104 cm³/mol. The van der Waals surface area contributed by atoms with Crippen LogP contribution in [0.5, 0.6) is 0 Å². The molecule has 0 atom stereocenters. The number of halogens is 2. The third-order valence-electron chi connectivity index (χ3n) is 3.73. The first-order valence-corrected chi connectivity index (χ1v) is 9.21. The minimum atomic E-state index is -0.158. The summed E-state index contributed by atoms with van der Waals surface area (Å²) in [6, 6.07) is 15.2. The number of aromatic amines is 1. The minimum absolute atomic E-state index is 0.158. The lowest BCUT2D eigenvalue weighted by Gasteiger charge is -2.04. The smallest absolute Gasteiger partial charge is 0.260 e. The average Bonchev–Trinajstić information content (AvgIpc) is 3.00. The molecule has 4 rings (SSSR count). The summed E-state index contributed by atoms with van der Waals surface area (Å²) in [6.07, 6.45) is 0. The first-order chi connectivity index (χ1) is 11.6. The van der Waals surface area contributed by atoms with Crippen molar-refractivity contribution in [1.29, 1.82) is 0 Å². The van der Waals surface area contributed by atoms with Gasteiger partial charge in [-0.25, -0.2) is 4.98 Å². The number of hydrogen-bond acceptors (Lipinski definition) is 3. The first kappa shape index (κ1) is 15.6. The quantitative estimate of drug-likeness (QED) is 0.452. The zero-order valence-corrected chi connectivity index (χ0v) is 15.4. The number of thiophene rings is 1. The summed E-state index contributed by atoms with van der Waals surface area (Å²) < 4.78 is 0.999. The van der Waals surface area contributed by atoms with Crippen LogP contribution < -0.4 is 5.56 Å². The molecule has 0 radical (unpaired) electrons. The maximum Gasteiger partial charge on any atom is 0.260 e. The Balaban J connectivity index is 1.92. The maximum absolute atomic E-state index is 12.7. The van der Waals surface area contributed by atoms with Gasteiger partial charge < -0.3 is 4.98 Å². The normalized spacial score (nSPS) is 11.1. The Bertz CT molecular complexity index is 1100.